The van der Waals surface area contributed by atoms with E-state index in [0.29, 0.717) is 6.54 Å². The Hall–Kier alpha value is -1.23. The van der Waals surface area contributed by atoms with Crippen LogP contribution >= 0.6 is 11.3 Å². The van der Waals surface area contributed by atoms with Gasteiger partial charge in [-0.15, -0.1) is 11.3 Å². The summed E-state index contributed by atoms with van der Waals surface area (Å²) in [7, 11) is 2.14. The van der Waals surface area contributed by atoms with Crippen LogP contribution in [-0.4, -0.2) is 23.5 Å². The van der Waals surface area contributed by atoms with Crippen molar-refractivity contribution in [3.05, 3.63) is 52.0 Å². The summed E-state index contributed by atoms with van der Waals surface area (Å²) in [6.45, 7) is 2.47. The van der Waals surface area contributed by atoms with Crippen molar-refractivity contribution in [1.82, 2.24) is 9.88 Å². The number of likely N-dealkylation sites (N-methyl/N-ethyl adjacent to an activating group) is 1. The standard InChI is InChI=1S/C14H19N3S/c1-17(8-6-13-5-3-9-18-13)11-12-4-2-7-16-14(12)10-15/h2-5,7,9H,6,8,10-11,15H2,1H3. The van der Waals surface area contributed by atoms with E-state index in [1.54, 1.807) is 6.20 Å². The van der Waals surface area contributed by atoms with Gasteiger partial charge in [0.25, 0.3) is 0 Å². The maximum atomic E-state index is 5.70. The molecule has 0 amide bonds. The maximum Gasteiger partial charge on any atom is 0.0584 e. The van der Waals surface area contributed by atoms with Gasteiger partial charge in [0.15, 0.2) is 0 Å². The van der Waals surface area contributed by atoms with Gasteiger partial charge in [-0.2, -0.15) is 0 Å². The average Bonchev–Trinajstić information content (AvgIpc) is 2.90. The molecule has 0 unspecified atom stereocenters. The van der Waals surface area contributed by atoms with Crippen molar-refractivity contribution in [3.8, 4) is 0 Å². The van der Waals surface area contributed by atoms with Crippen molar-refractivity contribution >= 4 is 11.3 Å². The van der Waals surface area contributed by atoms with Gasteiger partial charge in [0.2, 0.25) is 0 Å². The SMILES string of the molecule is CN(CCc1cccs1)Cc1cccnc1CN. The highest BCUT2D eigenvalue weighted by molar-refractivity contribution is 7.09. The molecule has 0 fully saturated rings. The zero-order chi connectivity index (χ0) is 12.8. The third kappa shape index (κ3) is 3.63. The molecule has 18 heavy (non-hydrogen) atoms. The van der Waals surface area contributed by atoms with Crippen LogP contribution in [0.25, 0.3) is 0 Å². The summed E-state index contributed by atoms with van der Waals surface area (Å²) in [5, 5.41) is 2.13. The molecule has 0 saturated heterocycles. The fourth-order valence-corrected chi connectivity index (χ4v) is 2.62. The summed E-state index contributed by atoms with van der Waals surface area (Å²) >= 11 is 1.82. The quantitative estimate of drug-likeness (QED) is 0.867. The van der Waals surface area contributed by atoms with Crippen LogP contribution in [0, 0.1) is 0 Å². The van der Waals surface area contributed by atoms with Crippen molar-refractivity contribution in [3.63, 3.8) is 0 Å². The highest BCUT2D eigenvalue weighted by atomic mass is 32.1. The normalized spacial score (nSPS) is 11.1. The lowest BCUT2D eigenvalue weighted by molar-refractivity contribution is 0.330. The molecule has 96 valence electrons. The lowest BCUT2D eigenvalue weighted by Crippen LogP contribution is -2.22. The predicted molar refractivity (Wildman–Crippen MR) is 76.5 cm³/mol. The van der Waals surface area contributed by atoms with E-state index in [2.05, 4.69) is 40.5 Å². The van der Waals surface area contributed by atoms with Gasteiger partial charge in [-0.25, -0.2) is 0 Å². The zero-order valence-corrected chi connectivity index (χ0v) is 11.5. The molecule has 2 heterocycles. The first-order chi connectivity index (χ1) is 8.79. The first kappa shape index (κ1) is 13.2. The summed E-state index contributed by atoms with van der Waals surface area (Å²) in [6.07, 6.45) is 2.91. The van der Waals surface area contributed by atoms with E-state index in [1.165, 1.54) is 10.4 Å². The minimum Gasteiger partial charge on any atom is -0.325 e. The number of nitrogens with zero attached hydrogens (tertiary/aromatic N) is 2. The summed E-state index contributed by atoms with van der Waals surface area (Å²) < 4.78 is 0. The summed E-state index contributed by atoms with van der Waals surface area (Å²) in [6, 6.07) is 8.37. The molecule has 2 aromatic heterocycles. The third-order valence-electron chi connectivity index (χ3n) is 2.94. The number of pyridine rings is 1. The molecule has 3 nitrogen and oxygen atoms in total. The molecular formula is C14H19N3S. The molecule has 2 N–H and O–H groups in total. The minimum atomic E-state index is 0.509. The molecule has 4 heteroatoms. The molecule has 0 spiro atoms. The van der Waals surface area contributed by atoms with Crippen molar-refractivity contribution in [1.29, 1.82) is 0 Å². The van der Waals surface area contributed by atoms with E-state index in [9.17, 15) is 0 Å². The smallest absolute Gasteiger partial charge is 0.0584 e. The second-order valence-corrected chi connectivity index (χ2v) is 5.41. The van der Waals surface area contributed by atoms with Crippen LogP contribution in [-0.2, 0) is 19.5 Å². The van der Waals surface area contributed by atoms with Gasteiger partial charge >= 0.3 is 0 Å². The van der Waals surface area contributed by atoms with E-state index >= 15 is 0 Å². The van der Waals surface area contributed by atoms with Crippen LogP contribution in [0.3, 0.4) is 0 Å². The lowest BCUT2D eigenvalue weighted by Gasteiger charge is -2.17. The molecule has 0 aromatic carbocycles. The third-order valence-corrected chi connectivity index (χ3v) is 3.87. The fraction of sp³-hybridized carbons (Fsp3) is 0.357. The number of rotatable bonds is 6. The monoisotopic (exact) mass is 261 g/mol. The van der Waals surface area contributed by atoms with Gasteiger partial charge in [-0.1, -0.05) is 12.1 Å². The molecule has 0 saturated carbocycles. The highest BCUT2D eigenvalue weighted by Gasteiger charge is 2.05. The van der Waals surface area contributed by atoms with Gasteiger partial charge in [0.05, 0.1) is 5.69 Å². The first-order valence-electron chi connectivity index (χ1n) is 6.13. The Bertz CT molecular complexity index is 468. The number of hydrogen-bond donors (Lipinski definition) is 1. The average molecular weight is 261 g/mol. The van der Waals surface area contributed by atoms with E-state index in [0.717, 1.165) is 25.2 Å². The largest absolute Gasteiger partial charge is 0.325 e. The molecule has 2 rings (SSSR count). The second kappa shape index (κ2) is 6.64. The van der Waals surface area contributed by atoms with Crippen molar-refractivity contribution < 1.29 is 0 Å². The van der Waals surface area contributed by atoms with Gasteiger partial charge < -0.3 is 10.6 Å². The summed E-state index contributed by atoms with van der Waals surface area (Å²) in [5.41, 5.74) is 7.93. The first-order valence-corrected chi connectivity index (χ1v) is 7.01. The van der Waals surface area contributed by atoms with E-state index in [4.69, 9.17) is 5.73 Å². The number of aromatic nitrogens is 1. The maximum absolute atomic E-state index is 5.70. The number of hydrogen-bond acceptors (Lipinski definition) is 4. The van der Waals surface area contributed by atoms with Gasteiger partial charge in [0, 0.05) is 30.7 Å². The van der Waals surface area contributed by atoms with Crippen LogP contribution in [0.4, 0.5) is 0 Å². The molecule has 0 bridgehead atoms. The molecular weight excluding hydrogens is 242 g/mol. The van der Waals surface area contributed by atoms with Crippen LogP contribution in [0.1, 0.15) is 16.1 Å². The minimum absolute atomic E-state index is 0.509. The van der Waals surface area contributed by atoms with Crippen LogP contribution < -0.4 is 5.73 Å². The van der Waals surface area contributed by atoms with Crippen LogP contribution in [0.15, 0.2) is 35.8 Å². The Kier molecular flexibility index (Phi) is 4.87. The molecule has 2 aromatic rings. The number of thiophene rings is 1. The van der Waals surface area contributed by atoms with E-state index in [1.807, 2.05) is 17.4 Å². The zero-order valence-electron chi connectivity index (χ0n) is 10.7. The summed E-state index contributed by atoms with van der Waals surface area (Å²) in [5.74, 6) is 0. The topological polar surface area (TPSA) is 42.2 Å². The molecule has 0 aliphatic carbocycles. The van der Waals surface area contributed by atoms with Gasteiger partial charge in [-0.05, 0) is 36.5 Å². The lowest BCUT2D eigenvalue weighted by atomic mass is 10.2. The van der Waals surface area contributed by atoms with Crippen molar-refractivity contribution in [2.24, 2.45) is 5.73 Å². The Labute approximate surface area is 112 Å². The fourth-order valence-electron chi connectivity index (χ4n) is 1.92. The van der Waals surface area contributed by atoms with E-state index in [-0.39, 0.29) is 0 Å². The van der Waals surface area contributed by atoms with Crippen LogP contribution in [0.2, 0.25) is 0 Å². The molecule has 0 aliphatic rings. The molecule has 0 atom stereocenters. The Morgan fingerprint density at radius 2 is 2.22 bits per heavy atom. The van der Waals surface area contributed by atoms with E-state index < -0.39 is 0 Å². The highest BCUT2D eigenvalue weighted by Crippen LogP contribution is 2.11. The summed E-state index contributed by atoms with van der Waals surface area (Å²) in [4.78, 5) is 8.06. The molecule has 0 aliphatic heterocycles. The van der Waals surface area contributed by atoms with Crippen molar-refractivity contribution in [2.45, 2.75) is 19.5 Å². The second-order valence-electron chi connectivity index (χ2n) is 4.38. The van der Waals surface area contributed by atoms with Gasteiger partial charge in [-0.3, -0.25) is 4.98 Å². The predicted octanol–water partition coefficient (Wildman–Crippen LogP) is 2.28. The van der Waals surface area contributed by atoms with Crippen LogP contribution in [0.5, 0.6) is 0 Å². The van der Waals surface area contributed by atoms with Crippen molar-refractivity contribution in [2.75, 3.05) is 13.6 Å². The Balaban J connectivity index is 1.88. The Morgan fingerprint density at radius 3 is 2.94 bits per heavy atom. The number of nitrogens with two attached hydrogens (primary N) is 1. The van der Waals surface area contributed by atoms with Gasteiger partial charge in [0.1, 0.15) is 0 Å². The molecule has 0 radical (unpaired) electrons. The Morgan fingerprint density at radius 1 is 1.33 bits per heavy atom.